The van der Waals surface area contributed by atoms with Gasteiger partial charge in [-0.15, -0.1) is 23.2 Å². The van der Waals surface area contributed by atoms with Crippen molar-refractivity contribution in [2.75, 3.05) is 32.1 Å². The molecule has 1 aromatic rings. The summed E-state index contributed by atoms with van der Waals surface area (Å²) in [6.07, 6.45) is 2.25. The number of aromatic carboxylic acids is 1. The van der Waals surface area contributed by atoms with Crippen LogP contribution in [-0.2, 0) is 0 Å². The van der Waals surface area contributed by atoms with E-state index in [9.17, 15) is 4.79 Å². The van der Waals surface area contributed by atoms with E-state index in [4.69, 9.17) is 28.3 Å². The van der Waals surface area contributed by atoms with Crippen molar-refractivity contribution in [1.29, 1.82) is 0 Å². The van der Waals surface area contributed by atoms with Crippen LogP contribution in [0.15, 0.2) is 24.3 Å². The average Bonchev–Trinajstić information content (AvgIpc) is 2.49. The number of carboxylic acid groups (broad SMARTS) is 1. The Morgan fingerprint density at radius 3 is 2.10 bits per heavy atom. The van der Waals surface area contributed by atoms with Crippen molar-refractivity contribution in [1.82, 2.24) is 5.32 Å². The van der Waals surface area contributed by atoms with Crippen LogP contribution in [0, 0.1) is 5.92 Å². The van der Waals surface area contributed by atoms with Crippen LogP contribution in [0.5, 0.6) is 0 Å². The smallest absolute Gasteiger partial charge is 0.335 e. The standard InChI is InChI=1S/C9H11NO2.C6H11Cl2N/c1-10(2)8-5-3-7(4-6-8)9(11)12;7-6(8)5-1-3-9-4-2-5/h3-6H,1-2H3,(H,11,12);5-6,9H,1-4H2. The van der Waals surface area contributed by atoms with Gasteiger partial charge >= 0.3 is 5.97 Å². The van der Waals surface area contributed by atoms with Gasteiger partial charge in [-0.25, -0.2) is 4.79 Å². The molecule has 2 N–H and O–H groups in total. The number of carbonyl (C=O) groups is 1. The normalized spacial score (nSPS) is 15.3. The summed E-state index contributed by atoms with van der Waals surface area (Å²) in [6.45, 7) is 2.14. The molecule has 0 atom stereocenters. The van der Waals surface area contributed by atoms with E-state index in [0.717, 1.165) is 31.6 Å². The summed E-state index contributed by atoms with van der Waals surface area (Å²) in [5.74, 6) is -0.366. The van der Waals surface area contributed by atoms with E-state index in [1.54, 1.807) is 24.3 Å². The van der Waals surface area contributed by atoms with Crippen molar-refractivity contribution < 1.29 is 9.90 Å². The first-order valence-corrected chi connectivity index (χ1v) is 7.78. The predicted octanol–water partition coefficient (Wildman–Crippen LogP) is 3.24. The van der Waals surface area contributed by atoms with Crippen LogP contribution >= 0.6 is 23.2 Å². The van der Waals surface area contributed by atoms with Crippen LogP contribution < -0.4 is 10.2 Å². The molecule has 0 saturated carbocycles. The number of anilines is 1. The first-order valence-electron chi connectivity index (χ1n) is 6.91. The fourth-order valence-corrected chi connectivity index (χ4v) is 2.50. The molecule has 1 saturated heterocycles. The van der Waals surface area contributed by atoms with Crippen molar-refractivity contribution in [2.45, 2.75) is 17.7 Å². The Labute approximate surface area is 136 Å². The summed E-state index contributed by atoms with van der Waals surface area (Å²) in [6, 6.07) is 6.75. The maximum Gasteiger partial charge on any atom is 0.335 e. The average molecular weight is 333 g/mol. The van der Waals surface area contributed by atoms with Crippen LogP contribution in [0.1, 0.15) is 23.2 Å². The first-order chi connectivity index (χ1) is 9.91. The molecule has 1 fully saturated rings. The van der Waals surface area contributed by atoms with E-state index in [-0.39, 0.29) is 4.84 Å². The van der Waals surface area contributed by atoms with Crippen LogP contribution in [0.4, 0.5) is 5.69 Å². The molecule has 0 amide bonds. The van der Waals surface area contributed by atoms with Crippen LogP contribution in [0.2, 0.25) is 0 Å². The molecule has 0 aromatic heterocycles. The molecule has 1 aliphatic heterocycles. The summed E-state index contributed by atoms with van der Waals surface area (Å²) in [5.41, 5.74) is 1.32. The fraction of sp³-hybridized carbons (Fsp3) is 0.533. The van der Waals surface area contributed by atoms with Crippen molar-refractivity contribution >= 4 is 34.9 Å². The summed E-state index contributed by atoms with van der Waals surface area (Å²) >= 11 is 11.4. The third-order valence-electron chi connectivity index (χ3n) is 3.37. The van der Waals surface area contributed by atoms with Gasteiger partial charge < -0.3 is 15.3 Å². The number of alkyl halides is 2. The van der Waals surface area contributed by atoms with E-state index in [2.05, 4.69) is 5.32 Å². The lowest BCUT2D eigenvalue weighted by Crippen LogP contribution is -2.30. The van der Waals surface area contributed by atoms with Crippen molar-refractivity contribution in [3.63, 3.8) is 0 Å². The predicted molar refractivity (Wildman–Crippen MR) is 88.8 cm³/mol. The topological polar surface area (TPSA) is 52.6 Å². The summed E-state index contributed by atoms with van der Waals surface area (Å²) in [5, 5.41) is 11.9. The number of hydrogen-bond donors (Lipinski definition) is 2. The van der Waals surface area contributed by atoms with E-state index in [0.29, 0.717) is 11.5 Å². The molecular weight excluding hydrogens is 311 g/mol. The van der Waals surface area contributed by atoms with E-state index < -0.39 is 5.97 Å². The number of carboxylic acids is 1. The maximum absolute atomic E-state index is 10.5. The Balaban J connectivity index is 0.000000219. The zero-order valence-corrected chi connectivity index (χ0v) is 13.9. The van der Waals surface area contributed by atoms with Gasteiger partial charge in [-0.05, 0) is 56.1 Å². The second-order valence-electron chi connectivity index (χ2n) is 5.17. The Bertz CT molecular complexity index is 430. The molecule has 0 bridgehead atoms. The minimum atomic E-state index is -0.889. The van der Waals surface area contributed by atoms with Crippen LogP contribution in [0.25, 0.3) is 0 Å². The third-order valence-corrected chi connectivity index (χ3v) is 4.08. The van der Waals surface area contributed by atoms with Gasteiger partial charge in [0.25, 0.3) is 0 Å². The third kappa shape index (κ3) is 6.55. The Kier molecular flexibility index (Phi) is 7.86. The number of nitrogens with zero attached hydrogens (tertiary/aromatic N) is 1. The van der Waals surface area contributed by atoms with Gasteiger partial charge in [-0.2, -0.15) is 0 Å². The second kappa shape index (κ2) is 9.13. The molecule has 1 heterocycles. The highest BCUT2D eigenvalue weighted by molar-refractivity contribution is 6.44. The van der Waals surface area contributed by atoms with Crippen molar-refractivity contribution in [3.05, 3.63) is 29.8 Å². The molecular formula is C15H22Cl2N2O2. The SMILES string of the molecule is CN(C)c1ccc(C(=O)O)cc1.ClC(Cl)C1CCNCC1. The van der Waals surface area contributed by atoms with Gasteiger partial charge in [0.1, 0.15) is 4.84 Å². The number of hydrogen-bond acceptors (Lipinski definition) is 3. The molecule has 4 nitrogen and oxygen atoms in total. The molecule has 118 valence electrons. The molecule has 6 heteroatoms. The number of benzene rings is 1. The highest BCUT2D eigenvalue weighted by Crippen LogP contribution is 2.23. The van der Waals surface area contributed by atoms with E-state index in [1.807, 2.05) is 19.0 Å². The van der Waals surface area contributed by atoms with Gasteiger partial charge in [-0.1, -0.05) is 0 Å². The molecule has 1 aliphatic rings. The molecule has 0 spiro atoms. The summed E-state index contributed by atoms with van der Waals surface area (Å²) in [7, 11) is 3.82. The Hall–Kier alpha value is -0.970. The second-order valence-corrected chi connectivity index (χ2v) is 6.33. The van der Waals surface area contributed by atoms with Crippen molar-refractivity contribution in [2.24, 2.45) is 5.92 Å². The Morgan fingerprint density at radius 2 is 1.76 bits per heavy atom. The van der Waals surface area contributed by atoms with E-state index in [1.165, 1.54) is 0 Å². The minimum Gasteiger partial charge on any atom is -0.478 e. The number of nitrogens with one attached hydrogen (secondary N) is 1. The fourth-order valence-electron chi connectivity index (χ4n) is 2.00. The molecule has 0 aliphatic carbocycles. The summed E-state index contributed by atoms with van der Waals surface area (Å²) in [4.78, 5) is 12.2. The van der Waals surface area contributed by atoms with Gasteiger partial charge in [0.15, 0.2) is 0 Å². The lowest BCUT2D eigenvalue weighted by molar-refractivity contribution is 0.0697. The van der Waals surface area contributed by atoms with Gasteiger partial charge in [-0.3, -0.25) is 0 Å². The molecule has 2 rings (SSSR count). The quantitative estimate of drug-likeness (QED) is 0.834. The zero-order valence-electron chi connectivity index (χ0n) is 12.4. The first kappa shape index (κ1) is 18.1. The molecule has 0 unspecified atom stereocenters. The number of piperidine rings is 1. The monoisotopic (exact) mass is 332 g/mol. The largest absolute Gasteiger partial charge is 0.478 e. The van der Waals surface area contributed by atoms with Gasteiger partial charge in [0.05, 0.1) is 5.56 Å². The number of rotatable bonds is 3. The maximum atomic E-state index is 10.5. The van der Waals surface area contributed by atoms with E-state index >= 15 is 0 Å². The molecule has 0 radical (unpaired) electrons. The number of halogens is 2. The van der Waals surface area contributed by atoms with Crippen LogP contribution in [-0.4, -0.2) is 43.1 Å². The highest BCUT2D eigenvalue weighted by Gasteiger charge is 2.18. The lowest BCUT2D eigenvalue weighted by Gasteiger charge is -2.22. The summed E-state index contributed by atoms with van der Waals surface area (Å²) < 4.78 is 0. The Morgan fingerprint density at radius 1 is 1.24 bits per heavy atom. The minimum absolute atomic E-state index is 0.160. The highest BCUT2D eigenvalue weighted by atomic mass is 35.5. The van der Waals surface area contributed by atoms with Crippen molar-refractivity contribution in [3.8, 4) is 0 Å². The van der Waals surface area contributed by atoms with Gasteiger partial charge in [0.2, 0.25) is 0 Å². The van der Waals surface area contributed by atoms with Gasteiger partial charge in [0, 0.05) is 19.8 Å². The molecule has 1 aromatic carbocycles. The molecule has 21 heavy (non-hydrogen) atoms. The van der Waals surface area contributed by atoms with Crippen LogP contribution in [0.3, 0.4) is 0 Å². The lowest BCUT2D eigenvalue weighted by atomic mass is 10.0. The zero-order chi connectivity index (χ0) is 15.8.